The summed E-state index contributed by atoms with van der Waals surface area (Å²) in [6.45, 7) is 5.70. The van der Waals surface area contributed by atoms with Crippen molar-refractivity contribution in [1.29, 1.82) is 0 Å². The molecule has 2 aliphatic rings. The second kappa shape index (κ2) is 9.45. The smallest absolute Gasteiger partial charge is 0.295 e. The van der Waals surface area contributed by atoms with Gasteiger partial charge in [0.1, 0.15) is 5.52 Å². The molecule has 2 saturated heterocycles. The van der Waals surface area contributed by atoms with Gasteiger partial charge < -0.3 is 15.1 Å². The average molecular weight is 427 g/mol. The maximum atomic E-state index is 13.0. The van der Waals surface area contributed by atoms with Crippen molar-refractivity contribution in [2.75, 3.05) is 37.6 Å². The molecule has 2 aromatic rings. The molecule has 0 aliphatic carbocycles. The first-order valence-corrected chi connectivity index (χ1v) is 11.2. The van der Waals surface area contributed by atoms with Crippen LogP contribution in [0.15, 0.2) is 23.1 Å². The van der Waals surface area contributed by atoms with E-state index in [1.165, 1.54) is 0 Å². The van der Waals surface area contributed by atoms with Gasteiger partial charge in [-0.1, -0.05) is 0 Å². The Kier molecular flexibility index (Phi) is 6.48. The van der Waals surface area contributed by atoms with Crippen LogP contribution in [0.1, 0.15) is 39.0 Å². The van der Waals surface area contributed by atoms with Crippen LogP contribution in [0, 0.1) is 5.92 Å². The quantitative estimate of drug-likeness (QED) is 0.667. The van der Waals surface area contributed by atoms with Gasteiger partial charge in [-0.05, 0) is 44.7 Å². The largest absolute Gasteiger partial charge is 0.356 e. The van der Waals surface area contributed by atoms with Crippen LogP contribution in [0.5, 0.6) is 0 Å². The standard InChI is InChI=1S/C22H30N6O3/c1-2-28-19-17(8-3-10-23-19)25-20(22(28)31)27-13-4-7-16(15-27)21(30)24-11-6-14-26-12-5-9-18(26)29/h3,8,10,16H,2,4-7,9,11-15H2,1H3,(H,24,30). The van der Waals surface area contributed by atoms with E-state index in [9.17, 15) is 14.4 Å². The molecule has 4 heterocycles. The first-order valence-electron chi connectivity index (χ1n) is 11.2. The van der Waals surface area contributed by atoms with E-state index in [2.05, 4.69) is 15.3 Å². The summed E-state index contributed by atoms with van der Waals surface area (Å²) >= 11 is 0. The predicted octanol–water partition coefficient (Wildman–Crippen LogP) is 1.16. The van der Waals surface area contributed by atoms with Crippen molar-refractivity contribution in [1.82, 2.24) is 24.8 Å². The first kappa shape index (κ1) is 21.3. The summed E-state index contributed by atoms with van der Waals surface area (Å²) in [6, 6.07) is 3.67. The Balaban J connectivity index is 1.39. The summed E-state index contributed by atoms with van der Waals surface area (Å²) in [5.74, 6) is 0.441. The maximum absolute atomic E-state index is 13.0. The van der Waals surface area contributed by atoms with E-state index in [-0.39, 0.29) is 23.3 Å². The van der Waals surface area contributed by atoms with E-state index in [0.717, 1.165) is 32.2 Å². The molecule has 0 bridgehead atoms. The number of likely N-dealkylation sites (tertiary alicyclic amines) is 1. The minimum atomic E-state index is -0.178. The minimum absolute atomic E-state index is 0.00993. The van der Waals surface area contributed by atoms with E-state index in [0.29, 0.717) is 56.1 Å². The highest BCUT2D eigenvalue weighted by Crippen LogP contribution is 2.21. The summed E-state index contributed by atoms with van der Waals surface area (Å²) < 4.78 is 1.64. The number of amides is 2. The van der Waals surface area contributed by atoms with Crippen molar-refractivity contribution in [2.45, 2.75) is 45.6 Å². The molecule has 0 saturated carbocycles. The molecule has 2 aliphatic heterocycles. The molecule has 0 radical (unpaired) electrons. The Hall–Kier alpha value is -2.97. The van der Waals surface area contributed by atoms with Gasteiger partial charge in [-0.15, -0.1) is 0 Å². The first-order chi connectivity index (χ1) is 15.1. The van der Waals surface area contributed by atoms with Gasteiger partial charge in [-0.2, -0.15) is 0 Å². The lowest BCUT2D eigenvalue weighted by atomic mass is 9.97. The number of pyridine rings is 1. The number of hydrogen-bond donors (Lipinski definition) is 1. The van der Waals surface area contributed by atoms with E-state index >= 15 is 0 Å². The van der Waals surface area contributed by atoms with Gasteiger partial charge in [0.05, 0.1) is 5.92 Å². The highest BCUT2D eigenvalue weighted by Gasteiger charge is 2.28. The fraction of sp³-hybridized carbons (Fsp3) is 0.591. The van der Waals surface area contributed by atoms with Crippen molar-refractivity contribution in [3.05, 3.63) is 28.7 Å². The molecule has 9 nitrogen and oxygen atoms in total. The molecule has 0 aromatic carbocycles. The van der Waals surface area contributed by atoms with E-state index in [4.69, 9.17) is 0 Å². The van der Waals surface area contributed by atoms with Crippen molar-refractivity contribution in [2.24, 2.45) is 5.92 Å². The summed E-state index contributed by atoms with van der Waals surface area (Å²) in [5.41, 5.74) is 1.11. The van der Waals surface area contributed by atoms with Crippen LogP contribution in [-0.2, 0) is 16.1 Å². The number of fused-ring (bicyclic) bond motifs is 1. The van der Waals surface area contributed by atoms with Crippen LogP contribution in [0.3, 0.4) is 0 Å². The second-order valence-electron chi connectivity index (χ2n) is 8.25. The lowest BCUT2D eigenvalue weighted by molar-refractivity contribution is -0.127. The lowest BCUT2D eigenvalue weighted by Gasteiger charge is -2.32. The van der Waals surface area contributed by atoms with Crippen molar-refractivity contribution >= 4 is 28.8 Å². The molecule has 4 rings (SSSR count). The number of piperidine rings is 1. The molecular formula is C22H30N6O3. The Morgan fingerprint density at radius 1 is 1.26 bits per heavy atom. The Morgan fingerprint density at radius 2 is 2.13 bits per heavy atom. The average Bonchev–Trinajstić information content (AvgIpc) is 3.21. The summed E-state index contributed by atoms with van der Waals surface area (Å²) in [7, 11) is 0. The van der Waals surface area contributed by atoms with E-state index in [1.807, 2.05) is 28.9 Å². The van der Waals surface area contributed by atoms with Crippen LogP contribution >= 0.6 is 0 Å². The molecule has 166 valence electrons. The van der Waals surface area contributed by atoms with Gasteiger partial charge in [0, 0.05) is 51.9 Å². The molecule has 9 heteroatoms. The zero-order chi connectivity index (χ0) is 21.8. The maximum Gasteiger partial charge on any atom is 0.295 e. The van der Waals surface area contributed by atoms with Crippen molar-refractivity contribution < 1.29 is 9.59 Å². The number of nitrogens with one attached hydrogen (secondary N) is 1. The SMILES string of the molecule is CCn1c(=O)c(N2CCCC(C(=O)NCCCN3CCCC3=O)C2)nc2cccnc21. The number of aromatic nitrogens is 3. The van der Waals surface area contributed by atoms with Crippen molar-refractivity contribution in [3.8, 4) is 0 Å². The number of hydrogen-bond acceptors (Lipinski definition) is 6. The summed E-state index contributed by atoms with van der Waals surface area (Å²) in [6.07, 6.45) is 5.62. The van der Waals surface area contributed by atoms with Crippen LogP contribution in [0.25, 0.3) is 11.2 Å². The van der Waals surface area contributed by atoms with Gasteiger partial charge in [-0.3, -0.25) is 19.0 Å². The Labute approximate surface area is 181 Å². The predicted molar refractivity (Wildman–Crippen MR) is 118 cm³/mol. The third-order valence-corrected chi connectivity index (χ3v) is 6.17. The zero-order valence-corrected chi connectivity index (χ0v) is 18.0. The van der Waals surface area contributed by atoms with Crippen LogP contribution < -0.4 is 15.8 Å². The molecule has 2 fully saturated rings. The number of carbonyl (C=O) groups is 2. The molecule has 2 amide bonds. The molecule has 2 aromatic heterocycles. The van der Waals surface area contributed by atoms with E-state index in [1.54, 1.807) is 10.8 Å². The molecule has 1 atom stereocenters. The topological polar surface area (TPSA) is 100 Å². The number of anilines is 1. The lowest BCUT2D eigenvalue weighted by Crippen LogP contribution is -2.46. The number of nitrogens with zero attached hydrogens (tertiary/aromatic N) is 5. The number of aryl methyl sites for hydroxylation is 1. The van der Waals surface area contributed by atoms with E-state index < -0.39 is 0 Å². The molecule has 1 N–H and O–H groups in total. The van der Waals surface area contributed by atoms with Crippen LogP contribution in [0.4, 0.5) is 5.82 Å². The molecule has 0 spiro atoms. The zero-order valence-electron chi connectivity index (χ0n) is 18.0. The highest BCUT2D eigenvalue weighted by molar-refractivity contribution is 5.80. The van der Waals surface area contributed by atoms with Crippen LogP contribution in [-0.4, -0.2) is 64.0 Å². The van der Waals surface area contributed by atoms with Crippen LogP contribution in [0.2, 0.25) is 0 Å². The molecular weight excluding hydrogens is 396 g/mol. The monoisotopic (exact) mass is 426 g/mol. The van der Waals surface area contributed by atoms with Gasteiger partial charge >= 0.3 is 0 Å². The fourth-order valence-electron chi connectivity index (χ4n) is 4.51. The molecule has 31 heavy (non-hydrogen) atoms. The summed E-state index contributed by atoms with van der Waals surface area (Å²) in [4.78, 5) is 50.1. The second-order valence-corrected chi connectivity index (χ2v) is 8.25. The van der Waals surface area contributed by atoms with Gasteiger partial charge in [0.25, 0.3) is 5.56 Å². The fourth-order valence-corrected chi connectivity index (χ4v) is 4.51. The normalized spacial score (nSPS) is 19.3. The van der Waals surface area contributed by atoms with Gasteiger partial charge in [-0.25, -0.2) is 9.97 Å². The van der Waals surface area contributed by atoms with Gasteiger partial charge in [0.15, 0.2) is 11.5 Å². The molecule has 1 unspecified atom stereocenters. The Bertz CT molecular complexity index is 1020. The Morgan fingerprint density at radius 3 is 2.90 bits per heavy atom. The van der Waals surface area contributed by atoms with Gasteiger partial charge in [0.2, 0.25) is 11.8 Å². The highest BCUT2D eigenvalue weighted by atomic mass is 16.2. The summed E-state index contributed by atoms with van der Waals surface area (Å²) in [5, 5.41) is 3.01. The number of carbonyl (C=O) groups excluding carboxylic acids is 2. The third kappa shape index (κ3) is 4.55. The third-order valence-electron chi connectivity index (χ3n) is 6.17. The minimum Gasteiger partial charge on any atom is -0.356 e. The van der Waals surface area contributed by atoms with Crippen molar-refractivity contribution in [3.63, 3.8) is 0 Å². The number of rotatable bonds is 7.